The maximum Gasteiger partial charge on any atom is 0.208 e. The molecule has 17 heavy (non-hydrogen) atoms. The van der Waals surface area contributed by atoms with Gasteiger partial charge in [-0.15, -0.1) is 0 Å². The monoisotopic (exact) mass is 305 g/mol. The minimum absolute atomic E-state index is 0.0272. The lowest BCUT2D eigenvalue weighted by Gasteiger charge is -2.25. The Morgan fingerprint density at radius 3 is 3.00 bits per heavy atom. The fourth-order valence-corrected chi connectivity index (χ4v) is 2.24. The number of halogens is 2. The van der Waals surface area contributed by atoms with Crippen molar-refractivity contribution in [2.75, 3.05) is 26.8 Å². The van der Waals surface area contributed by atoms with Gasteiger partial charge in [-0.3, -0.25) is 0 Å². The lowest BCUT2D eigenvalue weighted by molar-refractivity contribution is 0.0258. The second-order valence-electron chi connectivity index (χ2n) is 3.71. The van der Waals surface area contributed by atoms with Crippen LogP contribution in [0.1, 0.15) is 11.7 Å². The molecule has 0 amide bonds. The summed E-state index contributed by atoms with van der Waals surface area (Å²) in [6.45, 7) is 1.93. The van der Waals surface area contributed by atoms with E-state index >= 15 is 0 Å². The molecule has 0 aromatic heterocycles. The number of morpholine rings is 1. The third-order valence-corrected chi connectivity index (χ3v) is 3.26. The topological polar surface area (TPSA) is 50.7 Å². The van der Waals surface area contributed by atoms with Gasteiger partial charge in [0.15, 0.2) is 11.5 Å². The van der Waals surface area contributed by atoms with E-state index in [4.69, 9.17) is 9.47 Å². The van der Waals surface area contributed by atoms with Crippen molar-refractivity contribution in [1.29, 1.82) is 0 Å². The highest BCUT2D eigenvalue weighted by Crippen LogP contribution is 2.40. The first-order chi connectivity index (χ1) is 8.15. The van der Waals surface area contributed by atoms with Crippen LogP contribution in [0.4, 0.5) is 4.39 Å². The predicted molar refractivity (Wildman–Crippen MR) is 63.9 cm³/mol. The third kappa shape index (κ3) is 2.38. The van der Waals surface area contributed by atoms with Crippen molar-refractivity contribution in [2.24, 2.45) is 0 Å². The average molecular weight is 306 g/mol. The molecule has 1 heterocycles. The minimum atomic E-state index is -0.772. The van der Waals surface area contributed by atoms with E-state index < -0.39 is 11.6 Å². The van der Waals surface area contributed by atoms with Crippen molar-refractivity contribution in [3.05, 3.63) is 21.9 Å². The highest BCUT2D eigenvalue weighted by atomic mass is 79.9. The summed E-state index contributed by atoms with van der Waals surface area (Å²) in [7, 11) is 1.37. The number of nitrogens with one attached hydrogen (secondary N) is 1. The van der Waals surface area contributed by atoms with Crippen LogP contribution in [0.2, 0.25) is 0 Å². The molecule has 1 saturated heterocycles. The van der Waals surface area contributed by atoms with Crippen LogP contribution in [0.15, 0.2) is 10.5 Å². The van der Waals surface area contributed by atoms with Crippen LogP contribution in [0.5, 0.6) is 11.5 Å². The number of rotatable bonds is 2. The van der Waals surface area contributed by atoms with E-state index in [1.807, 2.05) is 0 Å². The number of phenolic OH excluding ortho intramolecular Hbond substituents is 1. The number of phenols is 1. The zero-order valence-electron chi connectivity index (χ0n) is 9.30. The molecule has 0 radical (unpaired) electrons. The molecule has 1 aromatic carbocycles. The van der Waals surface area contributed by atoms with E-state index in [1.165, 1.54) is 7.11 Å². The van der Waals surface area contributed by atoms with Crippen LogP contribution in [-0.2, 0) is 4.74 Å². The first-order valence-corrected chi connectivity index (χ1v) is 6.01. The van der Waals surface area contributed by atoms with Gasteiger partial charge in [-0.05, 0) is 22.0 Å². The van der Waals surface area contributed by atoms with Gasteiger partial charge in [0.1, 0.15) is 0 Å². The second kappa shape index (κ2) is 5.20. The summed E-state index contributed by atoms with van der Waals surface area (Å²) >= 11 is 3.11. The lowest BCUT2D eigenvalue weighted by atomic mass is 10.1. The molecule has 0 spiro atoms. The summed E-state index contributed by atoms with van der Waals surface area (Å²) < 4.78 is 24.6. The van der Waals surface area contributed by atoms with Crippen molar-refractivity contribution in [3.63, 3.8) is 0 Å². The Labute approximate surface area is 107 Å². The lowest BCUT2D eigenvalue weighted by Crippen LogP contribution is -2.33. The van der Waals surface area contributed by atoms with Gasteiger partial charge in [0.2, 0.25) is 5.82 Å². The van der Waals surface area contributed by atoms with E-state index in [0.717, 1.165) is 6.54 Å². The fraction of sp³-hybridized carbons (Fsp3) is 0.455. The summed E-state index contributed by atoms with van der Waals surface area (Å²) in [5, 5.41) is 12.6. The van der Waals surface area contributed by atoms with Crippen molar-refractivity contribution < 1.29 is 19.0 Å². The molecule has 1 aliphatic heterocycles. The van der Waals surface area contributed by atoms with E-state index in [0.29, 0.717) is 23.2 Å². The number of ether oxygens (including phenoxy) is 2. The zero-order chi connectivity index (χ0) is 12.4. The molecular weight excluding hydrogens is 293 g/mol. The Hall–Kier alpha value is -0.850. The number of hydrogen-bond acceptors (Lipinski definition) is 4. The molecule has 2 rings (SSSR count). The van der Waals surface area contributed by atoms with Crippen LogP contribution < -0.4 is 10.1 Å². The van der Waals surface area contributed by atoms with Crippen molar-refractivity contribution in [2.45, 2.75) is 6.10 Å². The first kappa shape index (κ1) is 12.6. The SMILES string of the molecule is COc1c(C2CNCCO2)cc(Br)c(O)c1F. The van der Waals surface area contributed by atoms with Crippen LogP contribution in [0.25, 0.3) is 0 Å². The van der Waals surface area contributed by atoms with E-state index in [2.05, 4.69) is 21.2 Å². The number of hydrogen-bond donors (Lipinski definition) is 2. The van der Waals surface area contributed by atoms with Gasteiger partial charge in [0.25, 0.3) is 0 Å². The molecular formula is C11H13BrFNO3. The maximum absolute atomic E-state index is 13.8. The van der Waals surface area contributed by atoms with E-state index in [-0.39, 0.29) is 11.9 Å². The Morgan fingerprint density at radius 1 is 1.65 bits per heavy atom. The van der Waals surface area contributed by atoms with Crippen molar-refractivity contribution in [1.82, 2.24) is 5.32 Å². The van der Waals surface area contributed by atoms with Crippen LogP contribution in [0, 0.1) is 5.82 Å². The molecule has 0 saturated carbocycles. The van der Waals surface area contributed by atoms with Gasteiger partial charge in [-0.25, -0.2) is 0 Å². The summed E-state index contributed by atoms with van der Waals surface area (Å²) in [4.78, 5) is 0. The molecule has 6 heteroatoms. The molecule has 1 atom stereocenters. The quantitative estimate of drug-likeness (QED) is 0.877. The highest BCUT2D eigenvalue weighted by molar-refractivity contribution is 9.10. The number of benzene rings is 1. The van der Waals surface area contributed by atoms with Crippen molar-refractivity contribution in [3.8, 4) is 11.5 Å². The molecule has 4 nitrogen and oxygen atoms in total. The van der Waals surface area contributed by atoms with E-state index in [1.54, 1.807) is 6.07 Å². The minimum Gasteiger partial charge on any atom is -0.504 e. The highest BCUT2D eigenvalue weighted by Gasteiger charge is 2.25. The van der Waals surface area contributed by atoms with Gasteiger partial charge >= 0.3 is 0 Å². The molecule has 1 fully saturated rings. The predicted octanol–water partition coefficient (Wildman–Crippen LogP) is 1.96. The fourth-order valence-electron chi connectivity index (χ4n) is 1.82. The summed E-state index contributed by atoms with van der Waals surface area (Å²) in [5.74, 6) is -1.19. The van der Waals surface area contributed by atoms with Crippen LogP contribution >= 0.6 is 15.9 Å². The number of methoxy groups -OCH3 is 1. The average Bonchev–Trinajstić information content (AvgIpc) is 2.36. The van der Waals surface area contributed by atoms with Gasteiger partial charge in [-0.1, -0.05) is 0 Å². The molecule has 0 aliphatic carbocycles. The third-order valence-electron chi connectivity index (χ3n) is 2.66. The summed E-state index contributed by atoms with van der Waals surface area (Å²) in [5.41, 5.74) is 0.585. The van der Waals surface area contributed by atoms with Gasteiger partial charge in [0.05, 0.1) is 24.3 Å². The summed E-state index contributed by atoms with van der Waals surface area (Å²) in [6.07, 6.45) is -0.273. The standard InChI is InChI=1S/C11H13BrFNO3/c1-16-11-6(8-5-14-2-3-17-8)4-7(12)10(15)9(11)13/h4,8,14-15H,2-3,5H2,1H3. The molecule has 0 bridgehead atoms. The van der Waals surface area contributed by atoms with E-state index in [9.17, 15) is 9.50 Å². The smallest absolute Gasteiger partial charge is 0.208 e. The molecule has 1 aliphatic rings. The Kier molecular flexibility index (Phi) is 3.86. The molecule has 2 N–H and O–H groups in total. The first-order valence-electron chi connectivity index (χ1n) is 5.22. The van der Waals surface area contributed by atoms with Crippen LogP contribution in [0.3, 0.4) is 0 Å². The molecule has 1 aromatic rings. The Morgan fingerprint density at radius 2 is 2.41 bits per heavy atom. The van der Waals surface area contributed by atoms with Gasteiger partial charge < -0.3 is 19.9 Å². The Bertz CT molecular complexity index is 422. The van der Waals surface area contributed by atoms with Crippen molar-refractivity contribution >= 4 is 15.9 Å². The second-order valence-corrected chi connectivity index (χ2v) is 4.56. The Balaban J connectivity index is 2.44. The molecule has 94 valence electrons. The summed E-state index contributed by atoms with van der Waals surface area (Å²) in [6, 6.07) is 1.62. The molecule has 1 unspecified atom stereocenters. The zero-order valence-corrected chi connectivity index (χ0v) is 10.9. The van der Waals surface area contributed by atoms with Crippen LogP contribution in [-0.4, -0.2) is 31.9 Å². The van der Waals surface area contributed by atoms with Gasteiger partial charge in [-0.2, -0.15) is 4.39 Å². The normalized spacial score (nSPS) is 20.3. The maximum atomic E-state index is 13.8. The number of aromatic hydroxyl groups is 1. The largest absolute Gasteiger partial charge is 0.504 e. The van der Waals surface area contributed by atoms with Gasteiger partial charge in [0, 0.05) is 18.7 Å².